The predicted octanol–water partition coefficient (Wildman–Crippen LogP) is 0.951. The first-order chi connectivity index (χ1) is 9.10. The third-order valence-electron chi connectivity index (χ3n) is 2.19. The van der Waals surface area contributed by atoms with E-state index in [1.54, 1.807) is 42.5 Å². The summed E-state index contributed by atoms with van der Waals surface area (Å²) in [5, 5.41) is 28.9. The number of carbonyl (C=O) groups is 1. The van der Waals surface area contributed by atoms with Crippen LogP contribution in [0.4, 0.5) is 5.69 Å². The Labute approximate surface area is 110 Å². The number of amides is 1. The fourth-order valence-electron chi connectivity index (χ4n) is 1.33. The van der Waals surface area contributed by atoms with Crippen molar-refractivity contribution < 1.29 is 4.79 Å². The zero-order valence-electron chi connectivity index (χ0n) is 9.84. The van der Waals surface area contributed by atoms with Crippen LogP contribution >= 0.6 is 0 Å². The number of carbonyl (C=O) groups excluding carboxylic acids is 1. The number of nitriles is 3. The molecule has 3 N–H and O–H groups in total. The van der Waals surface area contributed by atoms with Gasteiger partial charge in [0.25, 0.3) is 0 Å². The molecule has 1 aromatic carbocycles. The molecule has 92 valence electrons. The van der Waals surface area contributed by atoms with Crippen LogP contribution in [0.1, 0.15) is 5.56 Å². The average molecular weight is 251 g/mol. The van der Waals surface area contributed by atoms with Gasteiger partial charge in [-0.05, 0) is 17.7 Å². The second-order valence-corrected chi connectivity index (χ2v) is 3.55. The number of nitrogens with zero attached hydrogens (tertiary/aromatic N) is 3. The Morgan fingerprint density at radius 2 is 1.68 bits per heavy atom. The lowest BCUT2D eigenvalue weighted by atomic mass is 10.1. The Kier molecular flexibility index (Phi) is 4.66. The molecule has 6 heteroatoms. The van der Waals surface area contributed by atoms with Crippen LogP contribution in [0.2, 0.25) is 0 Å². The van der Waals surface area contributed by atoms with Gasteiger partial charge in [0.2, 0.25) is 5.91 Å². The van der Waals surface area contributed by atoms with Gasteiger partial charge in [-0.2, -0.15) is 15.8 Å². The largest absolute Gasteiger partial charge is 0.369 e. The lowest BCUT2D eigenvalue weighted by Gasteiger charge is -2.05. The molecule has 0 radical (unpaired) electrons. The van der Waals surface area contributed by atoms with Crippen molar-refractivity contribution in [2.24, 2.45) is 5.73 Å². The molecule has 0 aromatic heterocycles. The Bertz CT molecular complexity index is 622. The molecule has 0 aliphatic rings. The first kappa shape index (κ1) is 13.8. The third kappa shape index (κ3) is 3.89. The van der Waals surface area contributed by atoms with Crippen LogP contribution in [-0.4, -0.2) is 5.91 Å². The summed E-state index contributed by atoms with van der Waals surface area (Å²) < 4.78 is 0. The average Bonchev–Trinajstić information content (AvgIpc) is 2.40. The summed E-state index contributed by atoms with van der Waals surface area (Å²) >= 11 is 0. The summed E-state index contributed by atoms with van der Waals surface area (Å²) in [5.74, 6) is -0.436. The van der Waals surface area contributed by atoms with Gasteiger partial charge < -0.3 is 11.1 Å². The van der Waals surface area contributed by atoms with Crippen LogP contribution in [0.15, 0.2) is 35.5 Å². The van der Waals surface area contributed by atoms with Gasteiger partial charge >= 0.3 is 0 Å². The van der Waals surface area contributed by atoms with E-state index < -0.39 is 5.91 Å². The number of nitrogens with one attached hydrogen (secondary N) is 1. The van der Waals surface area contributed by atoms with Gasteiger partial charge in [0.15, 0.2) is 5.57 Å². The fraction of sp³-hybridized carbons (Fsp3) is 0.0769. The van der Waals surface area contributed by atoms with Gasteiger partial charge in [0.1, 0.15) is 23.9 Å². The first-order valence-electron chi connectivity index (χ1n) is 5.19. The maximum atomic E-state index is 10.7. The number of hydrogen-bond acceptors (Lipinski definition) is 5. The number of anilines is 1. The monoisotopic (exact) mass is 251 g/mol. The van der Waals surface area contributed by atoms with E-state index in [0.29, 0.717) is 5.69 Å². The van der Waals surface area contributed by atoms with Gasteiger partial charge in [-0.1, -0.05) is 12.1 Å². The van der Waals surface area contributed by atoms with Crippen LogP contribution in [-0.2, 0) is 11.2 Å². The smallest absolute Gasteiger partial charge is 0.221 e. The standard InChI is InChI=1S/C13H9N5O/c14-6-10(7-15)12(8-16)18-11-3-1-9(2-4-11)5-13(17)19/h1-4,18H,5H2,(H2,17,19). The van der Waals surface area contributed by atoms with E-state index in [9.17, 15) is 4.79 Å². The highest BCUT2D eigenvalue weighted by Crippen LogP contribution is 2.13. The van der Waals surface area contributed by atoms with Gasteiger partial charge in [-0.3, -0.25) is 4.79 Å². The van der Waals surface area contributed by atoms with E-state index in [1.165, 1.54) is 0 Å². The minimum Gasteiger partial charge on any atom is -0.369 e. The van der Waals surface area contributed by atoms with E-state index in [2.05, 4.69) is 5.32 Å². The molecule has 0 aliphatic carbocycles. The van der Waals surface area contributed by atoms with E-state index in [-0.39, 0.29) is 17.7 Å². The van der Waals surface area contributed by atoms with Crippen molar-refractivity contribution in [2.45, 2.75) is 6.42 Å². The SMILES string of the molecule is N#CC(C#N)=C(C#N)Nc1ccc(CC(N)=O)cc1. The fourth-order valence-corrected chi connectivity index (χ4v) is 1.33. The van der Waals surface area contributed by atoms with Gasteiger partial charge in [-0.25, -0.2) is 0 Å². The Morgan fingerprint density at radius 1 is 1.11 bits per heavy atom. The lowest BCUT2D eigenvalue weighted by molar-refractivity contribution is -0.117. The highest BCUT2D eigenvalue weighted by molar-refractivity contribution is 5.76. The highest BCUT2D eigenvalue weighted by Gasteiger charge is 2.06. The summed E-state index contributed by atoms with van der Waals surface area (Å²) in [7, 11) is 0. The molecule has 0 spiro atoms. The van der Waals surface area contributed by atoms with E-state index in [1.807, 2.05) is 0 Å². The van der Waals surface area contributed by atoms with Crippen molar-refractivity contribution >= 4 is 11.6 Å². The van der Waals surface area contributed by atoms with Crippen molar-refractivity contribution in [1.29, 1.82) is 15.8 Å². The van der Waals surface area contributed by atoms with Gasteiger partial charge in [0, 0.05) is 5.69 Å². The van der Waals surface area contributed by atoms with E-state index >= 15 is 0 Å². The summed E-state index contributed by atoms with van der Waals surface area (Å²) in [6.45, 7) is 0. The normalized spacial score (nSPS) is 8.47. The summed E-state index contributed by atoms with van der Waals surface area (Å²) in [6, 6.07) is 11.6. The van der Waals surface area contributed by atoms with Crippen molar-refractivity contribution in [1.82, 2.24) is 0 Å². The molecule has 0 heterocycles. The Morgan fingerprint density at radius 3 is 2.11 bits per heavy atom. The van der Waals surface area contributed by atoms with Gasteiger partial charge in [-0.15, -0.1) is 0 Å². The number of primary amides is 1. The van der Waals surface area contributed by atoms with Crippen molar-refractivity contribution in [3.05, 3.63) is 41.1 Å². The minimum absolute atomic E-state index is 0.118. The van der Waals surface area contributed by atoms with Crippen molar-refractivity contribution in [3.8, 4) is 18.2 Å². The second kappa shape index (κ2) is 6.44. The van der Waals surface area contributed by atoms with Crippen LogP contribution in [0, 0.1) is 34.0 Å². The van der Waals surface area contributed by atoms with Crippen LogP contribution in [0.5, 0.6) is 0 Å². The summed E-state index contributed by atoms with van der Waals surface area (Å²) in [4.78, 5) is 10.7. The number of rotatable bonds is 4. The molecule has 0 saturated carbocycles. The van der Waals surface area contributed by atoms with Crippen molar-refractivity contribution in [3.63, 3.8) is 0 Å². The zero-order valence-corrected chi connectivity index (χ0v) is 9.84. The number of nitrogens with two attached hydrogens (primary N) is 1. The number of allylic oxidation sites excluding steroid dienone is 2. The number of benzene rings is 1. The third-order valence-corrected chi connectivity index (χ3v) is 2.19. The zero-order chi connectivity index (χ0) is 14.3. The van der Waals surface area contributed by atoms with Crippen molar-refractivity contribution in [2.75, 3.05) is 5.32 Å². The molecule has 0 unspecified atom stereocenters. The molecule has 1 amide bonds. The Balaban J connectivity index is 2.93. The maximum Gasteiger partial charge on any atom is 0.221 e. The molecular weight excluding hydrogens is 242 g/mol. The summed E-state index contributed by atoms with van der Waals surface area (Å²) in [6.07, 6.45) is 0.128. The molecule has 0 aliphatic heterocycles. The topological polar surface area (TPSA) is 126 Å². The van der Waals surface area contributed by atoms with E-state index in [0.717, 1.165) is 5.56 Å². The quantitative estimate of drug-likeness (QED) is 0.770. The van der Waals surface area contributed by atoms with E-state index in [4.69, 9.17) is 21.5 Å². The molecular formula is C13H9N5O. The van der Waals surface area contributed by atoms with Crippen LogP contribution in [0.3, 0.4) is 0 Å². The molecule has 0 fully saturated rings. The first-order valence-corrected chi connectivity index (χ1v) is 5.19. The maximum absolute atomic E-state index is 10.7. The summed E-state index contributed by atoms with van der Waals surface area (Å²) in [5.41, 5.74) is 5.93. The second-order valence-electron chi connectivity index (χ2n) is 3.55. The molecule has 0 bridgehead atoms. The molecule has 1 aromatic rings. The Hall–Kier alpha value is -3.30. The van der Waals surface area contributed by atoms with Crippen LogP contribution < -0.4 is 11.1 Å². The molecule has 0 atom stereocenters. The van der Waals surface area contributed by atoms with Crippen LogP contribution in [0.25, 0.3) is 0 Å². The molecule has 0 saturated heterocycles. The molecule has 19 heavy (non-hydrogen) atoms. The lowest BCUT2D eigenvalue weighted by Crippen LogP contribution is -2.13. The number of hydrogen-bond donors (Lipinski definition) is 2. The van der Waals surface area contributed by atoms with Gasteiger partial charge in [0.05, 0.1) is 6.42 Å². The highest BCUT2D eigenvalue weighted by atomic mass is 16.1. The molecule has 1 rings (SSSR count). The predicted molar refractivity (Wildman–Crippen MR) is 66.8 cm³/mol. The molecule has 6 nitrogen and oxygen atoms in total. The minimum atomic E-state index is -0.436.